The summed E-state index contributed by atoms with van der Waals surface area (Å²) in [6.07, 6.45) is 3.24. The van der Waals surface area contributed by atoms with E-state index < -0.39 is 11.0 Å². The van der Waals surface area contributed by atoms with E-state index in [1.807, 2.05) is 12.1 Å². The molecule has 0 amide bonds. The molecule has 29 heavy (non-hydrogen) atoms. The van der Waals surface area contributed by atoms with Crippen molar-refractivity contribution < 1.29 is 20.1 Å². The lowest BCUT2D eigenvalue weighted by Gasteiger charge is -2.18. The molecule has 0 unspecified atom stereocenters. The Balaban J connectivity index is 1.85. The maximum Gasteiger partial charge on any atom is 0.315 e. The van der Waals surface area contributed by atoms with Crippen LogP contribution in [0.4, 0.5) is 11.5 Å². The number of H-pyrrole nitrogens is 1. The van der Waals surface area contributed by atoms with Crippen molar-refractivity contribution >= 4 is 22.4 Å². The van der Waals surface area contributed by atoms with Crippen molar-refractivity contribution in [1.82, 2.24) is 4.98 Å². The van der Waals surface area contributed by atoms with Gasteiger partial charge in [-0.25, -0.2) is 4.98 Å². The van der Waals surface area contributed by atoms with Gasteiger partial charge in [0.15, 0.2) is 0 Å². The summed E-state index contributed by atoms with van der Waals surface area (Å²) in [6, 6.07) is 15.8. The van der Waals surface area contributed by atoms with Gasteiger partial charge in [-0.1, -0.05) is 12.1 Å². The first-order valence-electron chi connectivity index (χ1n) is 8.82. The largest absolute Gasteiger partial charge is 0.505 e. The normalized spacial score (nSPS) is 11.9. The monoisotopic (exact) mass is 389 g/mol. The van der Waals surface area contributed by atoms with Crippen LogP contribution in [0, 0.1) is 10.1 Å². The fourth-order valence-electron chi connectivity index (χ4n) is 3.20. The standard InChI is InChI=1S/C21H16N4O4/c26-17-4-2-12-23-21(17)24-18(14-5-8-15(9-6-14)25(28)29)16-10-7-13-3-1-11-22-19(13)20(16)27/h1-12,18,26-27H,(H,23,24)/p+1/t18-/m1/s1. The zero-order valence-electron chi connectivity index (χ0n) is 15.1. The van der Waals surface area contributed by atoms with E-state index in [0.717, 1.165) is 5.39 Å². The Labute approximate surface area is 165 Å². The molecule has 0 fully saturated rings. The average molecular weight is 389 g/mol. The predicted octanol–water partition coefficient (Wildman–Crippen LogP) is 3.57. The number of anilines is 1. The van der Waals surface area contributed by atoms with E-state index in [0.29, 0.717) is 22.5 Å². The maximum absolute atomic E-state index is 11.0. The van der Waals surface area contributed by atoms with Crippen LogP contribution in [0.5, 0.6) is 11.5 Å². The molecule has 4 N–H and O–H groups in total. The van der Waals surface area contributed by atoms with Crippen LogP contribution in [0.2, 0.25) is 0 Å². The van der Waals surface area contributed by atoms with Crippen molar-refractivity contribution in [2.24, 2.45) is 0 Å². The van der Waals surface area contributed by atoms with E-state index in [-0.39, 0.29) is 17.2 Å². The van der Waals surface area contributed by atoms with Gasteiger partial charge in [0.2, 0.25) is 5.75 Å². The Morgan fingerprint density at radius 3 is 2.55 bits per heavy atom. The number of aromatic hydroxyl groups is 2. The number of aromatic amines is 1. The number of fused-ring (bicyclic) bond motifs is 1. The van der Waals surface area contributed by atoms with Gasteiger partial charge in [0.25, 0.3) is 5.69 Å². The molecule has 0 aliphatic heterocycles. The number of hydrogen-bond acceptors (Lipinski definition) is 6. The van der Waals surface area contributed by atoms with Crippen LogP contribution in [0.15, 0.2) is 73.1 Å². The lowest BCUT2D eigenvalue weighted by molar-refractivity contribution is -0.384. The van der Waals surface area contributed by atoms with Gasteiger partial charge in [0, 0.05) is 34.8 Å². The second-order valence-corrected chi connectivity index (χ2v) is 6.43. The Morgan fingerprint density at radius 2 is 1.83 bits per heavy atom. The Bertz CT molecular complexity index is 1190. The van der Waals surface area contributed by atoms with Crippen molar-refractivity contribution in [2.45, 2.75) is 6.04 Å². The van der Waals surface area contributed by atoms with Crippen molar-refractivity contribution in [3.05, 3.63) is 94.3 Å². The molecule has 0 spiro atoms. The van der Waals surface area contributed by atoms with E-state index in [4.69, 9.17) is 0 Å². The van der Waals surface area contributed by atoms with E-state index in [1.165, 1.54) is 18.2 Å². The summed E-state index contributed by atoms with van der Waals surface area (Å²) in [5.74, 6) is 0.337. The Kier molecular flexibility index (Phi) is 4.66. The summed E-state index contributed by atoms with van der Waals surface area (Å²) in [5, 5.41) is 36.0. The fourth-order valence-corrected chi connectivity index (χ4v) is 3.20. The van der Waals surface area contributed by atoms with Gasteiger partial charge in [-0.15, -0.1) is 0 Å². The van der Waals surface area contributed by atoms with Crippen LogP contribution in [0.25, 0.3) is 10.9 Å². The van der Waals surface area contributed by atoms with Gasteiger partial charge in [0.1, 0.15) is 17.3 Å². The molecule has 2 aromatic heterocycles. The lowest BCUT2D eigenvalue weighted by atomic mass is 9.96. The first-order chi connectivity index (χ1) is 14.0. The van der Waals surface area contributed by atoms with Gasteiger partial charge in [-0.3, -0.25) is 20.4 Å². The molecule has 0 bridgehead atoms. The van der Waals surface area contributed by atoms with Gasteiger partial charge >= 0.3 is 5.82 Å². The van der Waals surface area contributed by atoms with Crippen LogP contribution in [0.1, 0.15) is 17.2 Å². The summed E-state index contributed by atoms with van der Waals surface area (Å²) in [7, 11) is 0. The number of phenols is 1. The molecule has 2 aromatic carbocycles. The third kappa shape index (κ3) is 3.51. The molecule has 0 aliphatic rings. The Morgan fingerprint density at radius 1 is 1.03 bits per heavy atom. The summed E-state index contributed by atoms with van der Waals surface area (Å²) < 4.78 is 0. The maximum atomic E-state index is 11.0. The molecule has 0 saturated carbocycles. The molecule has 8 heteroatoms. The second-order valence-electron chi connectivity index (χ2n) is 6.43. The average Bonchev–Trinajstić information content (AvgIpc) is 2.74. The van der Waals surface area contributed by atoms with E-state index in [9.17, 15) is 20.3 Å². The third-order valence-electron chi connectivity index (χ3n) is 4.65. The molecule has 0 saturated heterocycles. The highest BCUT2D eigenvalue weighted by Crippen LogP contribution is 2.37. The van der Waals surface area contributed by atoms with Gasteiger partial charge in [-0.05, 0) is 36.4 Å². The highest BCUT2D eigenvalue weighted by molar-refractivity contribution is 5.86. The molecule has 8 nitrogen and oxygen atoms in total. The van der Waals surface area contributed by atoms with E-state index >= 15 is 0 Å². The number of hydrogen-bond donors (Lipinski definition) is 3. The van der Waals surface area contributed by atoms with Crippen LogP contribution < -0.4 is 10.3 Å². The van der Waals surface area contributed by atoms with Crippen LogP contribution in [-0.2, 0) is 0 Å². The first kappa shape index (κ1) is 18.2. The predicted molar refractivity (Wildman–Crippen MR) is 107 cm³/mol. The zero-order chi connectivity index (χ0) is 20.4. The molecule has 4 aromatic rings. The summed E-state index contributed by atoms with van der Waals surface area (Å²) in [5.41, 5.74) is 1.59. The topological polar surface area (TPSA) is 123 Å². The van der Waals surface area contributed by atoms with Gasteiger partial charge < -0.3 is 10.2 Å². The SMILES string of the molecule is O=[N+]([O-])c1ccc([C@@H](Nc2[nH+]cccc2O)c2ccc3cccnc3c2O)cc1. The molecule has 0 radical (unpaired) electrons. The quantitative estimate of drug-likeness (QED) is 0.354. The molecule has 144 valence electrons. The number of rotatable bonds is 5. The van der Waals surface area contributed by atoms with E-state index in [2.05, 4.69) is 15.3 Å². The molecule has 4 rings (SSSR count). The number of non-ortho nitro benzene ring substituents is 1. The first-order valence-corrected chi connectivity index (χ1v) is 8.82. The minimum absolute atomic E-state index is 0.00202. The number of benzene rings is 2. The molecule has 0 aliphatic carbocycles. The van der Waals surface area contributed by atoms with Crippen molar-refractivity contribution in [1.29, 1.82) is 0 Å². The van der Waals surface area contributed by atoms with Gasteiger partial charge in [-0.2, -0.15) is 0 Å². The molecule has 2 heterocycles. The van der Waals surface area contributed by atoms with Crippen LogP contribution >= 0.6 is 0 Å². The number of nitrogens with one attached hydrogen (secondary N) is 2. The number of phenolic OH excluding ortho intramolecular Hbond substituents is 1. The minimum atomic E-state index is -0.605. The molecular weight excluding hydrogens is 372 g/mol. The lowest BCUT2D eigenvalue weighted by Crippen LogP contribution is -2.19. The number of pyridine rings is 2. The smallest absolute Gasteiger partial charge is 0.315 e. The highest BCUT2D eigenvalue weighted by Gasteiger charge is 2.26. The van der Waals surface area contributed by atoms with Crippen LogP contribution in [-0.4, -0.2) is 20.1 Å². The summed E-state index contributed by atoms with van der Waals surface area (Å²) in [4.78, 5) is 17.7. The highest BCUT2D eigenvalue weighted by atomic mass is 16.6. The van der Waals surface area contributed by atoms with Crippen molar-refractivity contribution in [3.63, 3.8) is 0 Å². The van der Waals surface area contributed by atoms with Crippen LogP contribution in [0.3, 0.4) is 0 Å². The number of nitro benzene ring substituents is 1. The molecule has 1 atom stereocenters. The fraction of sp³-hybridized carbons (Fsp3) is 0.0476. The number of aromatic nitrogens is 2. The number of nitrogens with zero attached hydrogens (tertiary/aromatic N) is 2. The van der Waals surface area contributed by atoms with Crippen molar-refractivity contribution in [3.8, 4) is 11.5 Å². The number of nitro groups is 1. The second kappa shape index (κ2) is 7.43. The minimum Gasteiger partial charge on any atom is -0.505 e. The third-order valence-corrected chi connectivity index (χ3v) is 4.65. The van der Waals surface area contributed by atoms with Gasteiger partial charge in [0.05, 0.1) is 11.1 Å². The van der Waals surface area contributed by atoms with Crippen molar-refractivity contribution in [2.75, 3.05) is 5.32 Å². The summed E-state index contributed by atoms with van der Waals surface area (Å²) in [6.45, 7) is 0. The summed E-state index contributed by atoms with van der Waals surface area (Å²) >= 11 is 0. The van der Waals surface area contributed by atoms with E-state index in [1.54, 1.807) is 42.7 Å². The molecular formula is C21H17N4O4+. The Hall–Kier alpha value is -4.20. The zero-order valence-corrected chi connectivity index (χ0v) is 15.1.